The van der Waals surface area contributed by atoms with Crippen molar-refractivity contribution in [1.82, 2.24) is 0 Å². The van der Waals surface area contributed by atoms with Gasteiger partial charge in [0.15, 0.2) is 0 Å². The molecule has 0 saturated heterocycles. The molecule has 2 aliphatic rings. The van der Waals surface area contributed by atoms with Gasteiger partial charge in [0.25, 0.3) is 35.4 Å². The summed E-state index contributed by atoms with van der Waals surface area (Å²) in [7, 11) is 0. The molecule has 18 nitrogen and oxygen atoms in total. The molecule has 74 heavy (non-hydrogen) atoms. The number of fused-ring (bicyclic) bond motifs is 2. The highest BCUT2D eigenvalue weighted by Crippen LogP contribution is 2.33. The van der Waals surface area contributed by atoms with Gasteiger partial charge in [-0.2, -0.15) is 20.5 Å². The molecule has 10 rings (SSSR count). The molecular weight excluding hydrogens is 945 g/mol. The molecular formula is C56H36N8O10. The Kier molecular flexibility index (Phi) is 13.7. The lowest BCUT2D eigenvalue weighted by molar-refractivity contribution is 0.0686. The van der Waals surface area contributed by atoms with E-state index in [4.69, 9.17) is 10.2 Å². The summed E-state index contributed by atoms with van der Waals surface area (Å²) >= 11 is 0. The van der Waals surface area contributed by atoms with E-state index < -0.39 is 47.4 Å². The number of nitrogens with one attached hydrogen (secondary N) is 2. The van der Waals surface area contributed by atoms with Gasteiger partial charge in [-0.25, -0.2) is 19.4 Å². The average Bonchev–Trinajstić information content (AvgIpc) is 3.83. The largest absolute Gasteiger partial charge is 0.478 e. The summed E-state index contributed by atoms with van der Waals surface area (Å²) in [5, 5.41) is 40.0. The Bertz CT molecular complexity index is 3620. The van der Waals surface area contributed by atoms with Crippen molar-refractivity contribution in [3.05, 3.63) is 239 Å². The highest BCUT2D eigenvalue weighted by molar-refractivity contribution is 6.35. The summed E-state index contributed by atoms with van der Waals surface area (Å²) in [6.45, 7) is 0. The van der Waals surface area contributed by atoms with Crippen LogP contribution >= 0.6 is 0 Å². The molecule has 0 fully saturated rings. The zero-order valence-corrected chi connectivity index (χ0v) is 38.3. The first-order valence-electron chi connectivity index (χ1n) is 22.3. The maximum Gasteiger partial charge on any atom is 0.335 e. The van der Waals surface area contributed by atoms with Gasteiger partial charge in [-0.1, -0.05) is 42.5 Å². The van der Waals surface area contributed by atoms with Crippen LogP contribution in [0.2, 0.25) is 0 Å². The predicted molar refractivity (Wildman–Crippen MR) is 272 cm³/mol. The first-order valence-corrected chi connectivity index (χ1v) is 22.3. The topological polar surface area (TPSA) is 257 Å². The normalized spacial score (nSPS) is 12.6. The molecule has 2 heterocycles. The van der Waals surface area contributed by atoms with Crippen LogP contribution in [0.4, 0.5) is 45.5 Å². The third kappa shape index (κ3) is 10.5. The first kappa shape index (κ1) is 48.2. The van der Waals surface area contributed by atoms with Crippen molar-refractivity contribution in [2.24, 2.45) is 20.5 Å². The summed E-state index contributed by atoms with van der Waals surface area (Å²) in [5.74, 6) is -5.33. The lowest BCUT2D eigenvalue weighted by Gasteiger charge is -2.13. The van der Waals surface area contributed by atoms with Crippen LogP contribution in [0.1, 0.15) is 82.9 Å². The maximum absolute atomic E-state index is 13.1. The number of nitrogens with zero attached hydrogens (tertiary/aromatic N) is 6. The zero-order chi connectivity index (χ0) is 51.9. The molecule has 0 aromatic heterocycles. The van der Waals surface area contributed by atoms with Crippen LogP contribution in [0.15, 0.2) is 215 Å². The Hall–Kier alpha value is -10.9. The summed E-state index contributed by atoms with van der Waals surface area (Å²) < 4.78 is 0. The van der Waals surface area contributed by atoms with E-state index in [9.17, 15) is 38.4 Å². The number of amides is 6. The molecule has 0 unspecified atom stereocenters. The summed E-state index contributed by atoms with van der Waals surface area (Å²) in [6, 6.07) is 51.4. The standard InChI is InChI=1S/2C28H18N4O5/c33-25(29-21-8-4-5-18(15-21)28(36)37)17-9-14-23-24(16-17)27(35)32(26(23)34)22-12-10-20(11-13-22)31-30-19-6-2-1-3-7-19;33-25(29-19-9-6-17(7-10-19)28(36)37)18-8-15-23-24(16-18)27(35)32(26(23)34)22-13-11-21(12-14-22)31-30-20-4-2-1-3-5-20/h2*1-16H,(H,29,33)(H,36,37). The summed E-state index contributed by atoms with van der Waals surface area (Å²) in [5.41, 5.74) is 4.96. The minimum Gasteiger partial charge on any atom is -0.478 e. The van der Waals surface area contributed by atoms with E-state index in [0.29, 0.717) is 45.5 Å². The SMILES string of the molecule is O=C(O)c1ccc(NC(=O)c2ccc3c(c2)C(=O)N(c2ccc(N=Nc4ccccc4)cc2)C3=O)cc1.O=C(O)c1cccc(NC(=O)c2ccc3c(c2)C(=O)N(c2ccc(N=Nc4ccccc4)cc2)C3=O)c1. The molecule has 8 aromatic carbocycles. The van der Waals surface area contributed by atoms with Gasteiger partial charge in [-0.15, -0.1) is 0 Å². The number of hydrogen-bond donors (Lipinski definition) is 4. The van der Waals surface area contributed by atoms with Gasteiger partial charge in [0.2, 0.25) is 0 Å². The van der Waals surface area contributed by atoms with Gasteiger partial charge in [-0.05, 0) is 152 Å². The number of carbonyl (C=O) groups is 8. The van der Waals surface area contributed by atoms with Crippen LogP contribution in [0.25, 0.3) is 0 Å². The van der Waals surface area contributed by atoms with Crippen LogP contribution in [0.5, 0.6) is 0 Å². The molecule has 0 aliphatic carbocycles. The maximum atomic E-state index is 13.1. The fourth-order valence-electron chi connectivity index (χ4n) is 7.62. The van der Waals surface area contributed by atoms with Crippen molar-refractivity contribution in [1.29, 1.82) is 0 Å². The van der Waals surface area contributed by atoms with E-state index in [2.05, 4.69) is 31.1 Å². The number of carboxylic acids is 2. The van der Waals surface area contributed by atoms with Crippen molar-refractivity contribution < 1.29 is 48.6 Å². The van der Waals surface area contributed by atoms with Crippen molar-refractivity contribution in [3.8, 4) is 0 Å². The second-order valence-corrected chi connectivity index (χ2v) is 16.2. The lowest BCUT2D eigenvalue weighted by atomic mass is 10.1. The van der Waals surface area contributed by atoms with Gasteiger partial charge in [0.1, 0.15) is 0 Å². The number of rotatable bonds is 12. The van der Waals surface area contributed by atoms with Gasteiger partial charge in [0, 0.05) is 22.5 Å². The van der Waals surface area contributed by atoms with Crippen LogP contribution < -0.4 is 20.4 Å². The monoisotopic (exact) mass is 980 g/mol. The van der Waals surface area contributed by atoms with E-state index in [1.807, 2.05) is 60.7 Å². The number of azo groups is 2. The van der Waals surface area contributed by atoms with Crippen LogP contribution in [-0.4, -0.2) is 57.6 Å². The third-order valence-electron chi connectivity index (χ3n) is 11.3. The van der Waals surface area contributed by atoms with Crippen molar-refractivity contribution in [3.63, 3.8) is 0 Å². The van der Waals surface area contributed by atoms with Crippen molar-refractivity contribution in [2.75, 3.05) is 20.4 Å². The highest BCUT2D eigenvalue weighted by Gasteiger charge is 2.38. The Labute approximate surface area is 419 Å². The second kappa shape index (κ2) is 21.0. The average molecular weight is 981 g/mol. The van der Waals surface area contributed by atoms with Crippen LogP contribution in [-0.2, 0) is 0 Å². The lowest BCUT2D eigenvalue weighted by Crippen LogP contribution is -2.29. The number of hydrogen-bond acceptors (Lipinski definition) is 12. The zero-order valence-electron chi connectivity index (χ0n) is 38.3. The fraction of sp³-hybridized carbons (Fsp3) is 0. The van der Waals surface area contributed by atoms with Crippen molar-refractivity contribution in [2.45, 2.75) is 0 Å². The number of carboxylic acid groups (broad SMARTS) is 2. The van der Waals surface area contributed by atoms with Gasteiger partial charge < -0.3 is 20.8 Å². The molecule has 0 atom stereocenters. The molecule has 0 saturated carbocycles. The molecule has 0 radical (unpaired) electrons. The molecule has 4 N–H and O–H groups in total. The van der Waals surface area contributed by atoms with Gasteiger partial charge >= 0.3 is 11.9 Å². The number of imide groups is 2. The number of benzene rings is 8. The van der Waals surface area contributed by atoms with E-state index in [1.54, 1.807) is 54.6 Å². The summed E-state index contributed by atoms with van der Waals surface area (Å²) in [4.78, 5) is 102. The molecule has 360 valence electrons. The molecule has 6 amide bonds. The third-order valence-corrected chi connectivity index (χ3v) is 11.3. The minimum absolute atomic E-state index is 0.0238. The minimum atomic E-state index is -1.12. The smallest absolute Gasteiger partial charge is 0.335 e. The Balaban J connectivity index is 0.000000182. The Morgan fingerprint density at radius 2 is 0.716 bits per heavy atom. The number of anilines is 4. The Morgan fingerprint density at radius 3 is 1.14 bits per heavy atom. The number of aromatic carboxylic acids is 2. The van der Waals surface area contributed by atoms with Gasteiger partial charge in [0.05, 0.1) is 67.5 Å². The molecule has 2 aliphatic heterocycles. The van der Waals surface area contributed by atoms with Crippen LogP contribution in [0.3, 0.4) is 0 Å². The predicted octanol–water partition coefficient (Wildman–Crippen LogP) is 11.7. The second-order valence-electron chi connectivity index (χ2n) is 16.2. The van der Waals surface area contributed by atoms with Gasteiger partial charge in [-0.3, -0.25) is 28.8 Å². The molecule has 0 bridgehead atoms. The number of carbonyl (C=O) groups excluding carboxylic acids is 6. The Morgan fingerprint density at radius 1 is 0.338 bits per heavy atom. The van der Waals surface area contributed by atoms with E-state index >= 15 is 0 Å². The van der Waals surface area contributed by atoms with Crippen LogP contribution in [0, 0.1) is 0 Å². The van der Waals surface area contributed by atoms with E-state index in [1.165, 1.54) is 78.9 Å². The van der Waals surface area contributed by atoms with E-state index in [-0.39, 0.29) is 44.5 Å². The fourth-order valence-corrected chi connectivity index (χ4v) is 7.62. The van der Waals surface area contributed by atoms with E-state index in [0.717, 1.165) is 9.80 Å². The summed E-state index contributed by atoms with van der Waals surface area (Å²) in [6.07, 6.45) is 0. The quantitative estimate of drug-likeness (QED) is 0.0665. The molecule has 18 heteroatoms. The molecule has 0 spiro atoms. The first-order chi connectivity index (χ1) is 35.8. The molecule has 8 aromatic rings. The highest BCUT2D eigenvalue weighted by atomic mass is 16.4. The van der Waals surface area contributed by atoms with Crippen molar-refractivity contribution >= 4 is 92.9 Å².